The van der Waals surface area contributed by atoms with Crippen LogP contribution in [0.25, 0.3) is 0 Å². The van der Waals surface area contributed by atoms with E-state index in [4.69, 9.17) is 24.8 Å². The fourth-order valence-corrected chi connectivity index (χ4v) is 4.51. The summed E-state index contributed by atoms with van der Waals surface area (Å²) in [6.45, 7) is 5.61. The van der Waals surface area contributed by atoms with Gasteiger partial charge in [-0.15, -0.1) is 0 Å². The highest BCUT2D eigenvalue weighted by molar-refractivity contribution is 7.92. The number of hydrogen-bond donors (Lipinski definition) is 4. The number of aryl methyl sites for hydroxylation is 1. The summed E-state index contributed by atoms with van der Waals surface area (Å²) in [5, 5.41) is 15.8. The topological polar surface area (TPSA) is 150 Å². The second-order valence-electron chi connectivity index (χ2n) is 7.47. The lowest BCUT2D eigenvalue weighted by atomic mass is 10.1. The third kappa shape index (κ3) is 5.81. The van der Waals surface area contributed by atoms with Gasteiger partial charge in [0, 0.05) is 17.1 Å². The molecule has 0 saturated heterocycles. The fourth-order valence-electron chi connectivity index (χ4n) is 3.47. The molecule has 2 aliphatic carbocycles. The number of aromatic nitrogens is 2. The lowest BCUT2D eigenvalue weighted by Crippen LogP contribution is -2.14. The van der Waals surface area contributed by atoms with E-state index in [0.717, 1.165) is 37.2 Å². The predicted molar refractivity (Wildman–Crippen MR) is 117 cm³/mol. The van der Waals surface area contributed by atoms with Gasteiger partial charge in [-0.25, -0.2) is 10.1 Å². The summed E-state index contributed by atoms with van der Waals surface area (Å²) in [6.07, 6.45) is 7.69. The van der Waals surface area contributed by atoms with Crippen LogP contribution >= 0.6 is 23.6 Å². The van der Waals surface area contributed by atoms with Gasteiger partial charge in [0.1, 0.15) is 22.8 Å². The Morgan fingerprint density at radius 2 is 2.03 bits per heavy atom. The molecule has 7 N–H and O–H groups in total. The molecule has 160 valence electrons. The van der Waals surface area contributed by atoms with E-state index < -0.39 is 5.60 Å². The molecule has 0 bridgehead atoms. The van der Waals surface area contributed by atoms with Crippen LogP contribution in [0.3, 0.4) is 0 Å². The largest absolute Gasteiger partial charge is 0.398 e. The van der Waals surface area contributed by atoms with E-state index in [1.807, 2.05) is 0 Å². The number of nitrogens with two attached hydrogens (primary N) is 3. The summed E-state index contributed by atoms with van der Waals surface area (Å²) in [7, 11) is 0. The van der Waals surface area contributed by atoms with E-state index in [2.05, 4.69) is 17.6 Å². The zero-order chi connectivity index (χ0) is 21.6. The van der Waals surface area contributed by atoms with Crippen LogP contribution in [0, 0.1) is 0 Å². The van der Waals surface area contributed by atoms with Crippen LogP contribution in [-0.4, -0.2) is 21.5 Å². The Labute approximate surface area is 179 Å². The maximum atomic E-state index is 9.52. The maximum Gasteiger partial charge on any atom is 0.212 e. The van der Waals surface area contributed by atoms with Gasteiger partial charge in [0.25, 0.3) is 0 Å². The molecule has 0 spiro atoms. The molecule has 0 aliphatic heterocycles. The van der Waals surface area contributed by atoms with E-state index in [-0.39, 0.29) is 6.41 Å². The summed E-state index contributed by atoms with van der Waals surface area (Å²) < 4.78 is 4.92. The Balaban J connectivity index is 0.000000185. The Morgan fingerprint density at radius 1 is 1.34 bits per heavy atom. The van der Waals surface area contributed by atoms with Crippen LogP contribution < -0.4 is 20.8 Å². The predicted octanol–water partition coefficient (Wildman–Crippen LogP) is 2.57. The number of nitrogen functional groups attached to an aromatic ring is 1. The Bertz CT molecular complexity index is 836. The number of nitrogens with zero attached hydrogens (tertiary/aromatic N) is 2. The van der Waals surface area contributed by atoms with Crippen molar-refractivity contribution in [3.05, 3.63) is 33.7 Å². The smallest absolute Gasteiger partial charge is 0.212 e. The van der Waals surface area contributed by atoms with Crippen molar-refractivity contribution < 1.29 is 14.1 Å². The number of carbonyl (C=O) groups is 1. The Hall–Kier alpha value is -1.88. The second-order valence-corrected chi connectivity index (χ2v) is 8.82. The number of amides is 1. The van der Waals surface area contributed by atoms with Gasteiger partial charge in [-0.2, -0.15) is 0 Å². The van der Waals surface area contributed by atoms with E-state index in [9.17, 15) is 5.11 Å². The average Bonchev–Trinajstić information content (AvgIpc) is 3.37. The van der Waals surface area contributed by atoms with Crippen LogP contribution in [0.2, 0.25) is 0 Å². The first-order valence-electron chi connectivity index (χ1n) is 9.40. The SMILES string of the molecule is CC(C)(O)c1ncc(OSN)s1.CC1CCc2c1nc1c(c2N)CCC1.NC=O. The lowest BCUT2D eigenvalue weighted by molar-refractivity contribution is -0.106. The number of fused-ring (bicyclic) bond motifs is 2. The molecule has 0 radical (unpaired) electrons. The van der Waals surface area contributed by atoms with E-state index >= 15 is 0 Å². The number of anilines is 1. The molecule has 10 heteroatoms. The Morgan fingerprint density at radius 3 is 2.62 bits per heavy atom. The van der Waals surface area contributed by atoms with Gasteiger partial charge in [0.05, 0.1) is 6.20 Å². The number of carbonyl (C=O) groups excluding carboxylic acids is 1. The molecule has 2 aliphatic rings. The quantitative estimate of drug-likeness (QED) is 0.324. The summed E-state index contributed by atoms with van der Waals surface area (Å²) in [4.78, 5) is 17.4. The number of thiazole rings is 1. The van der Waals surface area contributed by atoms with Gasteiger partial charge in [0.15, 0.2) is 0 Å². The molecule has 29 heavy (non-hydrogen) atoms. The van der Waals surface area contributed by atoms with Gasteiger partial charge in [0.2, 0.25) is 11.5 Å². The minimum absolute atomic E-state index is 0.250. The standard InChI is InChI=1S/C12H16N2.C6H10N2O2S2.CH3NO/c1-7-5-6-9-11(13)8-3-2-4-10(8)14-12(7)9;1-6(2,9)5-8-3-4(11-5)10-12-7;2-1-3/h7H,2-6H2,1H3,(H2,13,14);3,9H,7H2,1-2H3;1H,(H2,2,3). The normalized spacial score (nSPS) is 16.7. The van der Waals surface area contributed by atoms with Crippen molar-refractivity contribution in [2.75, 3.05) is 5.73 Å². The third-order valence-corrected chi connectivity index (χ3v) is 6.41. The molecule has 2 heterocycles. The van der Waals surface area contributed by atoms with Crippen molar-refractivity contribution in [1.82, 2.24) is 9.97 Å². The number of hydrogen-bond acceptors (Lipinski definition) is 9. The molecule has 8 nitrogen and oxygen atoms in total. The molecule has 2 aromatic rings. The first-order chi connectivity index (χ1) is 13.7. The second kappa shape index (κ2) is 10.2. The highest BCUT2D eigenvalue weighted by Gasteiger charge is 2.27. The first-order valence-corrected chi connectivity index (χ1v) is 11.0. The fraction of sp³-hybridized carbons (Fsp3) is 0.526. The zero-order valence-corrected chi connectivity index (χ0v) is 18.6. The van der Waals surface area contributed by atoms with Gasteiger partial charge in [-0.3, -0.25) is 9.78 Å². The number of rotatable bonds is 3. The van der Waals surface area contributed by atoms with Crippen molar-refractivity contribution in [3.8, 4) is 5.06 Å². The molecule has 2 aromatic heterocycles. The van der Waals surface area contributed by atoms with Crippen LogP contribution in [0.15, 0.2) is 6.20 Å². The van der Waals surface area contributed by atoms with Crippen molar-refractivity contribution in [2.24, 2.45) is 10.9 Å². The molecule has 0 fully saturated rings. The lowest BCUT2D eigenvalue weighted by Gasteiger charge is -2.11. The van der Waals surface area contributed by atoms with E-state index in [0.29, 0.717) is 16.0 Å². The third-order valence-electron chi connectivity index (χ3n) is 4.84. The number of pyridine rings is 1. The molecule has 1 atom stereocenters. The average molecular weight is 440 g/mol. The van der Waals surface area contributed by atoms with E-state index in [1.165, 1.54) is 52.9 Å². The van der Waals surface area contributed by atoms with Crippen LogP contribution in [-0.2, 0) is 29.7 Å². The summed E-state index contributed by atoms with van der Waals surface area (Å²) in [5.41, 5.74) is 15.8. The minimum atomic E-state index is -0.911. The van der Waals surface area contributed by atoms with Gasteiger partial charge in [-0.1, -0.05) is 18.3 Å². The van der Waals surface area contributed by atoms with Crippen molar-refractivity contribution in [3.63, 3.8) is 0 Å². The van der Waals surface area contributed by atoms with Crippen LogP contribution in [0.4, 0.5) is 5.69 Å². The van der Waals surface area contributed by atoms with Crippen LogP contribution in [0.1, 0.15) is 67.1 Å². The molecule has 4 rings (SSSR count). The summed E-state index contributed by atoms with van der Waals surface area (Å²) in [6, 6.07) is 0. The highest BCUT2D eigenvalue weighted by Crippen LogP contribution is 2.39. The number of primary amides is 1. The molecule has 0 aromatic carbocycles. The molecular weight excluding hydrogens is 410 g/mol. The van der Waals surface area contributed by atoms with E-state index in [1.54, 1.807) is 13.8 Å². The maximum absolute atomic E-state index is 9.52. The highest BCUT2D eigenvalue weighted by atomic mass is 32.2. The summed E-state index contributed by atoms with van der Waals surface area (Å²) >= 11 is 2.05. The minimum Gasteiger partial charge on any atom is -0.398 e. The van der Waals surface area contributed by atoms with Crippen molar-refractivity contribution >= 4 is 35.7 Å². The van der Waals surface area contributed by atoms with Gasteiger partial charge in [-0.05, 0) is 63.0 Å². The molecule has 1 unspecified atom stereocenters. The molecule has 0 saturated carbocycles. The monoisotopic (exact) mass is 439 g/mol. The van der Waals surface area contributed by atoms with Crippen molar-refractivity contribution in [1.29, 1.82) is 0 Å². The van der Waals surface area contributed by atoms with Gasteiger partial charge < -0.3 is 20.8 Å². The number of aliphatic hydroxyl groups is 1. The van der Waals surface area contributed by atoms with Crippen molar-refractivity contribution in [2.45, 2.75) is 64.4 Å². The zero-order valence-electron chi connectivity index (χ0n) is 17.0. The molecular formula is C19H29N5O3S2. The molecule has 1 amide bonds. The first kappa shape index (κ1) is 23.4. The Kier molecular flexibility index (Phi) is 8.26. The van der Waals surface area contributed by atoms with Gasteiger partial charge >= 0.3 is 0 Å². The summed E-state index contributed by atoms with van der Waals surface area (Å²) in [5.74, 6) is 0.623. The van der Waals surface area contributed by atoms with Crippen LogP contribution in [0.5, 0.6) is 5.06 Å².